The van der Waals surface area contributed by atoms with Crippen molar-refractivity contribution >= 4 is 27.9 Å². The van der Waals surface area contributed by atoms with Crippen LogP contribution in [0.2, 0.25) is 0 Å². The molecule has 5 heteroatoms. The molecule has 0 aromatic heterocycles. The molecule has 1 amide bonds. The van der Waals surface area contributed by atoms with Crippen molar-refractivity contribution in [1.29, 1.82) is 5.26 Å². The molecule has 2 aromatic rings. The van der Waals surface area contributed by atoms with Crippen molar-refractivity contribution in [2.75, 3.05) is 13.1 Å². The van der Waals surface area contributed by atoms with Crippen LogP contribution >= 0.6 is 15.9 Å². The first-order chi connectivity index (χ1) is 12.7. The summed E-state index contributed by atoms with van der Waals surface area (Å²) >= 11 is 3.44. The smallest absolute Gasteiger partial charge is 0.264 e. The summed E-state index contributed by atoms with van der Waals surface area (Å²) in [7, 11) is 0. The second-order valence-electron chi connectivity index (χ2n) is 6.13. The van der Waals surface area contributed by atoms with Crippen LogP contribution in [0.3, 0.4) is 0 Å². The number of ether oxygens (including phenoxy) is 1. The summed E-state index contributed by atoms with van der Waals surface area (Å²) < 4.78 is 6.79. The number of rotatable bonds is 5. The Morgan fingerprint density at radius 1 is 1.19 bits per heavy atom. The third-order valence-electron chi connectivity index (χ3n) is 4.25. The predicted molar refractivity (Wildman–Crippen MR) is 104 cm³/mol. The van der Waals surface area contributed by atoms with Crippen molar-refractivity contribution in [3.63, 3.8) is 0 Å². The zero-order chi connectivity index (χ0) is 18.4. The van der Waals surface area contributed by atoms with Crippen LogP contribution < -0.4 is 4.74 Å². The molecule has 1 heterocycles. The minimum atomic E-state index is -0.209. The molecule has 0 saturated carbocycles. The summed E-state index contributed by atoms with van der Waals surface area (Å²) in [5.41, 5.74) is 1.90. The molecule has 1 aliphatic rings. The molecule has 0 atom stereocenters. The van der Waals surface area contributed by atoms with Gasteiger partial charge in [0.05, 0.1) is 0 Å². The van der Waals surface area contributed by atoms with E-state index >= 15 is 0 Å². The lowest BCUT2D eigenvalue weighted by Gasteiger charge is -2.15. The van der Waals surface area contributed by atoms with Gasteiger partial charge in [-0.3, -0.25) is 4.79 Å². The van der Waals surface area contributed by atoms with Gasteiger partial charge in [-0.15, -0.1) is 0 Å². The fraction of sp³-hybridized carbons (Fsp3) is 0.238. The van der Waals surface area contributed by atoms with E-state index in [0.29, 0.717) is 31.0 Å². The highest BCUT2D eigenvalue weighted by Crippen LogP contribution is 2.27. The van der Waals surface area contributed by atoms with Gasteiger partial charge in [0.15, 0.2) is 0 Å². The van der Waals surface area contributed by atoms with E-state index in [1.165, 1.54) is 0 Å². The molecule has 3 rings (SSSR count). The van der Waals surface area contributed by atoms with Crippen LogP contribution in [-0.2, 0) is 11.4 Å². The van der Waals surface area contributed by atoms with Crippen molar-refractivity contribution in [3.8, 4) is 11.8 Å². The molecule has 0 unspecified atom stereocenters. The second kappa shape index (κ2) is 8.68. The summed E-state index contributed by atoms with van der Waals surface area (Å²) in [5.74, 6) is 0.429. The zero-order valence-electron chi connectivity index (χ0n) is 14.3. The van der Waals surface area contributed by atoms with Crippen LogP contribution in [-0.4, -0.2) is 23.9 Å². The molecule has 0 spiro atoms. The molecule has 2 aromatic carbocycles. The standard InChI is InChI=1S/C21H19BrN2O2/c22-19-8-9-20(26-15-16-6-2-1-3-7-16)17(13-19)12-18(14-23)21(25)24-10-4-5-11-24/h1-3,6-9,12-13H,4-5,10-11,15H2/b18-12+. The number of carbonyl (C=O) groups is 1. The summed E-state index contributed by atoms with van der Waals surface area (Å²) in [4.78, 5) is 14.3. The van der Waals surface area contributed by atoms with Gasteiger partial charge >= 0.3 is 0 Å². The van der Waals surface area contributed by atoms with Gasteiger partial charge in [-0.25, -0.2) is 0 Å². The summed E-state index contributed by atoms with van der Waals surface area (Å²) in [6.07, 6.45) is 3.60. The Morgan fingerprint density at radius 2 is 1.92 bits per heavy atom. The summed E-state index contributed by atoms with van der Waals surface area (Å²) in [6.45, 7) is 1.85. The van der Waals surface area contributed by atoms with Crippen LogP contribution in [0, 0.1) is 11.3 Å². The highest BCUT2D eigenvalue weighted by Gasteiger charge is 2.21. The van der Waals surface area contributed by atoms with Gasteiger partial charge in [0.2, 0.25) is 0 Å². The van der Waals surface area contributed by atoms with Gasteiger partial charge < -0.3 is 9.64 Å². The van der Waals surface area contributed by atoms with Gasteiger partial charge in [-0.05, 0) is 42.7 Å². The van der Waals surface area contributed by atoms with Crippen molar-refractivity contribution in [2.24, 2.45) is 0 Å². The molecule has 132 valence electrons. The molecule has 1 fully saturated rings. The number of hydrogen-bond acceptors (Lipinski definition) is 3. The number of benzene rings is 2. The fourth-order valence-corrected chi connectivity index (χ4v) is 3.27. The Bertz CT molecular complexity index is 850. The van der Waals surface area contributed by atoms with Gasteiger partial charge in [0, 0.05) is 23.1 Å². The predicted octanol–water partition coefficient (Wildman–Crippen LogP) is 4.56. The molecule has 4 nitrogen and oxygen atoms in total. The molecular formula is C21H19BrN2O2. The average molecular weight is 411 g/mol. The lowest BCUT2D eigenvalue weighted by molar-refractivity contribution is -0.125. The molecule has 1 saturated heterocycles. The van der Waals surface area contributed by atoms with Crippen LogP contribution in [0.25, 0.3) is 6.08 Å². The molecule has 0 radical (unpaired) electrons. The largest absolute Gasteiger partial charge is 0.488 e. The molecule has 1 aliphatic heterocycles. The van der Waals surface area contributed by atoms with Crippen LogP contribution in [0.1, 0.15) is 24.0 Å². The fourth-order valence-electron chi connectivity index (χ4n) is 2.89. The number of nitriles is 1. The van der Waals surface area contributed by atoms with Crippen LogP contribution in [0.15, 0.2) is 58.6 Å². The number of carbonyl (C=O) groups excluding carboxylic acids is 1. The van der Waals surface area contributed by atoms with E-state index in [0.717, 1.165) is 22.9 Å². The van der Waals surface area contributed by atoms with Crippen molar-refractivity contribution in [1.82, 2.24) is 4.90 Å². The maximum Gasteiger partial charge on any atom is 0.264 e. The van der Waals surface area contributed by atoms with Gasteiger partial charge in [-0.1, -0.05) is 46.3 Å². The Hall–Kier alpha value is -2.58. The Morgan fingerprint density at radius 3 is 2.62 bits per heavy atom. The first-order valence-corrected chi connectivity index (χ1v) is 9.34. The van der Waals surface area contributed by atoms with E-state index in [1.54, 1.807) is 11.0 Å². The lowest BCUT2D eigenvalue weighted by atomic mass is 10.1. The maximum atomic E-state index is 12.5. The highest BCUT2D eigenvalue weighted by atomic mass is 79.9. The minimum Gasteiger partial charge on any atom is -0.488 e. The lowest BCUT2D eigenvalue weighted by Crippen LogP contribution is -2.28. The summed E-state index contributed by atoms with van der Waals surface area (Å²) in [6, 6.07) is 17.5. The van der Waals surface area contributed by atoms with E-state index < -0.39 is 0 Å². The molecule has 0 aliphatic carbocycles. The minimum absolute atomic E-state index is 0.134. The number of nitrogens with zero attached hydrogens (tertiary/aromatic N) is 2. The Labute approximate surface area is 161 Å². The first-order valence-electron chi connectivity index (χ1n) is 8.55. The highest BCUT2D eigenvalue weighted by molar-refractivity contribution is 9.10. The maximum absolute atomic E-state index is 12.5. The third-order valence-corrected chi connectivity index (χ3v) is 4.75. The summed E-state index contributed by atoms with van der Waals surface area (Å²) in [5, 5.41) is 9.47. The van der Waals surface area contributed by atoms with Crippen molar-refractivity contribution < 1.29 is 9.53 Å². The van der Waals surface area contributed by atoms with Crippen LogP contribution in [0.4, 0.5) is 0 Å². The second-order valence-corrected chi connectivity index (χ2v) is 7.04. The van der Waals surface area contributed by atoms with E-state index in [2.05, 4.69) is 15.9 Å². The molecule has 26 heavy (non-hydrogen) atoms. The number of amides is 1. The molecule has 0 N–H and O–H groups in total. The van der Waals surface area contributed by atoms with E-state index in [1.807, 2.05) is 54.6 Å². The SMILES string of the molecule is N#C/C(=C\c1cc(Br)ccc1OCc1ccccc1)C(=O)N1CCCC1. The Kier molecular flexibility index (Phi) is 6.08. The van der Waals surface area contributed by atoms with E-state index in [9.17, 15) is 10.1 Å². The van der Waals surface area contributed by atoms with E-state index in [4.69, 9.17) is 4.74 Å². The third kappa shape index (κ3) is 4.53. The Balaban J connectivity index is 1.84. The van der Waals surface area contributed by atoms with Crippen molar-refractivity contribution in [3.05, 3.63) is 69.7 Å². The number of likely N-dealkylation sites (tertiary alicyclic amines) is 1. The number of halogens is 1. The van der Waals surface area contributed by atoms with Gasteiger partial charge in [0.25, 0.3) is 5.91 Å². The zero-order valence-corrected chi connectivity index (χ0v) is 15.9. The molecular weight excluding hydrogens is 392 g/mol. The molecule has 0 bridgehead atoms. The van der Waals surface area contributed by atoms with Gasteiger partial charge in [0.1, 0.15) is 24.0 Å². The topological polar surface area (TPSA) is 53.3 Å². The number of hydrogen-bond donors (Lipinski definition) is 0. The first kappa shape index (κ1) is 18.2. The monoisotopic (exact) mass is 410 g/mol. The van der Waals surface area contributed by atoms with Crippen molar-refractivity contribution in [2.45, 2.75) is 19.4 Å². The average Bonchev–Trinajstić information content (AvgIpc) is 3.20. The van der Waals surface area contributed by atoms with Gasteiger partial charge in [-0.2, -0.15) is 5.26 Å². The normalized spacial score (nSPS) is 14.2. The van der Waals surface area contributed by atoms with Crippen LogP contribution in [0.5, 0.6) is 5.75 Å². The van der Waals surface area contributed by atoms with E-state index in [-0.39, 0.29) is 11.5 Å². The quantitative estimate of drug-likeness (QED) is 0.536.